The first-order chi connectivity index (χ1) is 6.70. The van der Waals surface area contributed by atoms with Gasteiger partial charge in [0.15, 0.2) is 16.7 Å². The van der Waals surface area contributed by atoms with Crippen molar-refractivity contribution in [2.45, 2.75) is 0 Å². The quantitative estimate of drug-likeness (QED) is 0.748. The van der Waals surface area contributed by atoms with E-state index in [-0.39, 0.29) is 5.75 Å². The minimum atomic E-state index is -0.646. The molecule has 0 amide bonds. The smallest absolute Gasteiger partial charge is 0.175 e. The first kappa shape index (κ1) is 9.33. The second kappa shape index (κ2) is 3.49. The maximum atomic E-state index is 13.0. The van der Waals surface area contributed by atoms with Gasteiger partial charge in [-0.05, 0) is 12.1 Å². The van der Waals surface area contributed by atoms with E-state index in [0.717, 1.165) is 5.75 Å². The average Bonchev–Trinajstić information content (AvgIpc) is 2.57. The first-order valence-electron chi connectivity index (χ1n) is 4.16. The van der Waals surface area contributed by atoms with Gasteiger partial charge < -0.3 is 10.0 Å². The Kier molecular flexibility index (Phi) is 2.33. The maximum absolute atomic E-state index is 13.0. The van der Waals surface area contributed by atoms with Crippen molar-refractivity contribution in [3.8, 4) is 5.75 Å². The van der Waals surface area contributed by atoms with Gasteiger partial charge in [0.05, 0.1) is 5.69 Å². The average molecular weight is 212 g/mol. The Hall–Kier alpha value is -1.23. The van der Waals surface area contributed by atoms with Crippen LogP contribution in [0.2, 0.25) is 0 Å². The van der Waals surface area contributed by atoms with E-state index in [1.54, 1.807) is 11.0 Å². The number of phenolic OH excluding ortho intramolecular Hbond substituents is 1. The van der Waals surface area contributed by atoms with Gasteiger partial charge in [-0.3, -0.25) is 5.41 Å². The van der Waals surface area contributed by atoms with E-state index >= 15 is 0 Å². The molecule has 0 saturated carbocycles. The van der Waals surface area contributed by atoms with E-state index in [9.17, 15) is 9.50 Å². The van der Waals surface area contributed by atoms with Gasteiger partial charge >= 0.3 is 0 Å². The lowest BCUT2D eigenvalue weighted by atomic mass is 10.2. The number of amidine groups is 1. The molecule has 3 nitrogen and oxygen atoms in total. The Morgan fingerprint density at radius 3 is 2.93 bits per heavy atom. The Morgan fingerprint density at radius 2 is 2.29 bits per heavy atom. The first-order valence-corrected chi connectivity index (χ1v) is 5.15. The summed E-state index contributed by atoms with van der Waals surface area (Å²) in [6.45, 7) is 0.639. The molecule has 0 radical (unpaired) electrons. The summed E-state index contributed by atoms with van der Waals surface area (Å²) in [5, 5.41) is 17.4. The number of anilines is 1. The third-order valence-corrected chi connectivity index (χ3v) is 2.94. The van der Waals surface area contributed by atoms with Crippen LogP contribution in [0.1, 0.15) is 0 Å². The molecule has 0 spiro atoms. The molecule has 1 aliphatic heterocycles. The third-order valence-electron chi connectivity index (χ3n) is 2.06. The molecule has 5 heteroatoms. The van der Waals surface area contributed by atoms with Gasteiger partial charge in [-0.2, -0.15) is 0 Å². The Morgan fingerprint density at radius 1 is 1.50 bits per heavy atom. The minimum Gasteiger partial charge on any atom is -0.503 e. The van der Waals surface area contributed by atoms with Crippen LogP contribution in [0.5, 0.6) is 5.75 Å². The second-order valence-corrected chi connectivity index (χ2v) is 4.00. The van der Waals surface area contributed by atoms with E-state index in [0.29, 0.717) is 17.4 Å². The second-order valence-electron chi connectivity index (χ2n) is 2.91. The van der Waals surface area contributed by atoms with Crippen molar-refractivity contribution in [1.82, 2.24) is 0 Å². The number of hydrogen-bond donors (Lipinski definition) is 2. The lowest BCUT2D eigenvalue weighted by Crippen LogP contribution is -2.22. The fraction of sp³-hybridized carbons (Fsp3) is 0.222. The van der Waals surface area contributed by atoms with Crippen LogP contribution in [-0.2, 0) is 0 Å². The minimum absolute atomic E-state index is 0.353. The summed E-state index contributed by atoms with van der Waals surface area (Å²) < 4.78 is 13.0. The van der Waals surface area contributed by atoms with E-state index in [1.807, 2.05) is 0 Å². The molecule has 1 fully saturated rings. The predicted octanol–water partition coefficient (Wildman–Crippen LogP) is 2.02. The summed E-state index contributed by atoms with van der Waals surface area (Å²) >= 11 is 1.39. The summed E-state index contributed by atoms with van der Waals surface area (Å²) in [6, 6.07) is 4.34. The molecule has 0 atom stereocenters. The number of aromatic hydroxyl groups is 1. The molecule has 1 saturated heterocycles. The van der Waals surface area contributed by atoms with Gasteiger partial charge in [0.1, 0.15) is 0 Å². The number of thioether (sulfide) groups is 1. The number of nitrogens with zero attached hydrogens (tertiary/aromatic N) is 1. The molecular formula is C9H9FN2OS. The number of hydrogen-bond acceptors (Lipinski definition) is 3. The number of para-hydroxylation sites is 1. The highest BCUT2D eigenvalue weighted by Crippen LogP contribution is 2.33. The molecule has 0 aromatic heterocycles. The van der Waals surface area contributed by atoms with Crippen molar-refractivity contribution in [1.29, 1.82) is 5.41 Å². The van der Waals surface area contributed by atoms with Crippen molar-refractivity contribution in [2.75, 3.05) is 17.2 Å². The van der Waals surface area contributed by atoms with Crippen LogP contribution >= 0.6 is 11.8 Å². The van der Waals surface area contributed by atoms with Crippen molar-refractivity contribution < 1.29 is 9.50 Å². The largest absolute Gasteiger partial charge is 0.503 e. The summed E-state index contributed by atoms with van der Waals surface area (Å²) in [5.41, 5.74) is 0.375. The highest BCUT2D eigenvalue weighted by molar-refractivity contribution is 8.14. The fourth-order valence-electron chi connectivity index (χ4n) is 1.36. The van der Waals surface area contributed by atoms with E-state index in [1.165, 1.54) is 23.9 Å². The summed E-state index contributed by atoms with van der Waals surface area (Å²) in [5.74, 6) is -0.221. The van der Waals surface area contributed by atoms with Crippen LogP contribution in [0, 0.1) is 11.2 Å². The number of benzene rings is 1. The van der Waals surface area contributed by atoms with Crippen molar-refractivity contribution in [3.05, 3.63) is 24.0 Å². The summed E-state index contributed by atoms with van der Waals surface area (Å²) in [4.78, 5) is 1.60. The molecule has 74 valence electrons. The normalized spacial score (nSPS) is 16.4. The third kappa shape index (κ3) is 1.43. The maximum Gasteiger partial charge on any atom is 0.175 e. The molecule has 1 heterocycles. The van der Waals surface area contributed by atoms with Crippen molar-refractivity contribution in [2.24, 2.45) is 0 Å². The molecular weight excluding hydrogens is 203 g/mol. The molecule has 14 heavy (non-hydrogen) atoms. The van der Waals surface area contributed by atoms with Gasteiger partial charge in [0, 0.05) is 12.3 Å². The van der Waals surface area contributed by atoms with Gasteiger partial charge in [-0.1, -0.05) is 17.8 Å². The van der Waals surface area contributed by atoms with Gasteiger partial charge in [-0.25, -0.2) is 4.39 Å². The van der Waals surface area contributed by atoms with E-state index in [2.05, 4.69) is 0 Å². The lowest BCUT2D eigenvalue weighted by Gasteiger charge is -2.17. The van der Waals surface area contributed by atoms with Crippen LogP contribution in [0.25, 0.3) is 0 Å². The monoisotopic (exact) mass is 212 g/mol. The summed E-state index contributed by atoms with van der Waals surface area (Å²) in [6.07, 6.45) is 0. The van der Waals surface area contributed by atoms with Gasteiger partial charge in [0.25, 0.3) is 0 Å². The Balaban J connectivity index is 2.41. The number of nitrogens with one attached hydrogen (secondary N) is 1. The van der Waals surface area contributed by atoms with E-state index < -0.39 is 5.82 Å². The van der Waals surface area contributed by atoms with E-state index in [4.69, 9.17) is 5.41 Å². The topological polar surface area (TPSA) is 47.3 Å². The SMILES string of the molecule is N=C1SCCN1c1cccc(F)c1O. The molecule has 1 aromatic rings. The van der Waals surface area contributed by atoms with Crippen LogP contribution in [-0.4, -0.2) is 22.6 Å². The van der Waals surface area contributed by atoms with Crippen LogP contribution < -0.4 is 4.90 Å². The predicted molar refractivity (Wildman–Crippen MR) is 55.6 cm³/mol. The fourth-order valence-corrected chi connectivity index (χ4v) is 2.18. The highest BCUT2D eigenvalue weighted by atomic mass is 32.2. The standard InChI is InChI=1S/C9H9FN2OS/c10-6-2-1-3-7(8(6)13)12-4-5-14-9(12)11/h1-3,11,13H,4-5H2. The molecule has 1 aromatic carbocycles. The van der Waals surface area contributed by atoms with Crippen LogP contribution in [0.15, 0.2) is 18.2 Å². The van der Waals surface area contributed by atoms with Crippen LogP contribution in [0.3, 0.4) is 0 Å². The molecule has 0 bridgehead atoms. The van der Waals surface area contributed by atoms with Crippen molar-refractivity contribution in [3.63, 3.8) is 0 Å². The number of phenols is 1. The summed E-state index contributed by atoms with van der Waals surface area (Å²) in [7, 11) is 0. The number of rotatable bonds is 1. The zero-order chi connectivity index (χ0) is 10.1. The molecule has 2 N–H and O–H groups in total. The Labute approximate surface area is 85.0 Å². The zero-order valence-corrected chi connectivity index (χ0v) is 8.14. The highest BCUT2D eigenvalue weighted by Gasteiger charge is 2.22. The zero-order valence-electron chi connectivity index (χ0n) is 7.33. The Bertz CT molecular complexity index is 383. The molecule has 0 aliphatic carbocycles. The van der Waals surface area contributed by atoms with Gasteiger partial charge in [0.2, 0.25) is 0 Å². The molecule has 2 rings (SSSR count). The lowest BCUT2D eigenvalue weighted by molar-refractivity contribution is 0.433. The van der Waals surface area contributed by atoms with Crippen molar-refractivity contribution >= 4 is 22.6 Å². The van der Waals surface area contributed by atoms with Gasteiger partial charge in [-0.15, -0.1) is 0 Å². The number of halogens is 1. The van der Waals surface area contributed by atoms with Crippen LogP contribution in [0.4, 0.5) is 10.1 Å². The molecule has 0 unspecified atom stereocenters. The molecule has 1 aliphatic rings.